The number of thioether (sulfide) groups is 1. The summed E-state index contributed by atoms with van der Waals surface area (Å²) in [5, 5.41) is 0. The Morgan fingerprint density at radius 3 is 2.70 bits per heavy atom. The third-order valence-corrected chi connectivity index (χ3v) is 4.93. The number of ether oxygens (including phenoxy) is 2. The Bertz CT molecular complexity index is 556. The predicted octanol–water partition coefficient (Wildman–Crippen LogP) is 3.73. The molecule has 0 N–H and O–H groups in total. The van der Waals surface area contributed by atoms with Crippen molar-refractivity contribution in [1.29, 1.82) is 0 Å². The van der Waals surface area contributed by atoms with Gasteiger partial charge in [0, 0.05) is 22.7 Å². The van der Waals surface area contributed by atoms with Crippen LogP contribution in [-0.2, 0) is 14.3 Å². The summed E-state index contributed by atoms with van der Waals surface area (Å²) >= 11 is 1.60. The molecule has 1 heterocycles. The summed E-state index contributed by atoms with van der Waals surface area (Å²) in [4.78, 5) is 25.0. The Hall–Kier alpha value is -1.33. The number of rotatable bonds is 6. The third-order valence-electron chi connectivity index (χ3n) is 3.73. The Labute approximate surface area is 141 Å². The number of hydrogen-bond donors (Lipinski definition) is 0. The van der Waals surface area contributed by atoms with E-state index in [0.717, 1.165) is 30.1 Å². The van der Waals surface area contributed by atoms with Crippen molar-refractivity contribution in [1.82, 2.24) is 0 Å². The van der Waals surface area contributed by atoms with Crippen LogP contribution in [0.15, 0.2) is 29.2 Å². The van der Waals surface area contributed by atoms with E-state index >= 15 is 0 Å². The van der Waals surface area contributed by atoms with Crippen molar-refractivity contribution in [2.24, 2.45) is 5.41 Å². The van der Waals surface area contributed by atoms with Crippen molar-refractivity contribution in [3.63, 3.8) is 0 Å². The minimum atomic E-state index is -0.506. The Morgan fingerprint density at radius 2 is 2.04 bits per heavy atom. The van der Waals surface area contributed by atoms with Gasteiger partial charge in [-0.25, -0.2) is 4.79 Å². The predicted molar refractivity (Wildman–Crippen MR) is 90.9 cm³/mol. The summed E-state index contributed by atoms with van der Waals surface area (Å²) in [5.74, 6) is 0.291. The first-order chi connectivity index (χ1) is 10.9. The van der Waals surface area contributed by atoms with E-state index in [1.807, 2.05) is 32.9 Å². The molecule has 0 spiro atoms. The smallest absolute Gasteiger partial charge is 0.339 e. The molecule has 1 aliphatic heterocycles. The molecule has 1 aromatic carbocycles. The lowest BCUT2D eigenvalue weighted by Crippen LogP contribution is -2.26. The highest BCUT2D eigenvalue weighted by Crippen LogP contribution is 2.27. The first-order valence-corrected chi connectivity index (χ1v) is 8.90. The van der Waals surface area contributed by atoms with E-state index in [4.69, 9.17) is 9.47 Å². The average molecular weight is 336 g/mol. The number of benzene rings is 1. The van der Waals surface area contributed by atoms with Gasteiger partial charge in [0.15, 0.2) is 12.4 Å². The van der Waals surface area contributed by atoms with Crippen LogP contribution in [0.4, 0.5) is 0 Å². The fourth-order valence-electron chi connectivity index (χ4n) is 2.15. The van der Waals surface area contributed by atoms with Crippen LogP contribution in [0.3, 0.4) is 0 Å². The molecule has 1 unspecified atom stereocenters. The lowest BCUT2D eigenvalue weighted by molar-refractivity contribution is -0.129. The molecule has 0 aliphatic carbocycles. The second-order valence-corrected chi connectivity index (χ2v) is 7.75. The molecule has 0 radical (unpaired) electrons. The summed E-state index contributed by atoms with van der Waals surface area (Å²) in [5.41, 5.74) is 0.00571. The molecule has 2 rings (SSSR count). The quantitative estimate of drug-likeness (QED) is 0.585. The van der Waals surface area contributed by atoms with Crippen molar-refractivity contribution in [3.05, 3.63) is 29.8 Å². The molecule has 126 valence electrons. The monoisotopic (exact) mass is 336 g/mol. The molecule has 0 amide bonds. The lowest BCUT2D eigenvalue weighted by atomic mass is 9.91. The van der Waals surface area contributed by atoms with E-state index in [0.29, 0.717) is 5.56 Å². The molecule has 1 fully saturated rings. The number of hydrogen-bond acceptors (Lipinski definition) is 5. The lowest BCUT2D eigenvalue weighted by Gasteiger charge is -2.16. The van der Waals surface area contributed by atoms with E-state index in [1.165, 1.54) is 0 Å². The van der Waals surface area contributed by atoms with Gasteiger partial charge in [0.25, 0.3) is 0 Å². The minimum Gasteiger partial charge on any atom is -0.454 e. The number of ketones is 1. The molecule has 1 saturated heterocycles. The molecule has 1 atom stereocenters. The molecular weight excluding hydrogens is 312 g/mol. The maximum Gasteiger partial charge on any atom is 0.339 e. The van der Waals surface area contributed by atoms with Gasteiger partial charge in [0.2, 0.25) is 0 Å². The maximum absolute atomic E-state index is 12.3. The summed E-state index contributed by atoms with van der Waals surface area (Å²) in [6.07, 6.45) is 2.43. The highest BCUT2D eigenvalue weighted by atomic mass is 32.2. The third kappa shape index (κ3) is 5.36. The largest absolute Gasteiger partial charge is 0.454 e. The van der Waals surface area contributed by atoms with Crippen molar-refractivity contribution in [3.8, 4) is 0 Å². The minimum absolute atomic E-state index is 0.0876. The zero-order valence-electron chi connectivity index (χ0n) is 14.0. The first-order valence-electron chi connectivity index (χ1n) is 7.92. The van der Waals surface area contributed by atoms with Crippen molar-refractivity contribution >= 4 is 23.5 Å². The van der Waals surface area contributed by atoms with Crippen LogP contribution in [0.1, 0.15) is 44.0 Å². The standard InChI is InChI=1S/C18H24O4S/c1-18(2,3)16(19)11-22-17(20)14-8-4-5-9-15(14)23-12-13-7-6-10-21-13/h4-5,8-9,13H,6-7,10-12H2,1-3H3. The summed E-state index contributed by atoms with van der Waals surface area (Å²) in [7, 11) is 0. The molecule has 0 aromatic heterocycles. The number of esters is 1. The Balaban J connectivity index is 1.95. The van der Waals surface area contributed by atoms with E-state index in [1.54, 1.807) is 23.9 Å². The van der Waals surface area contributed by atoms with Crippen LogP contribution in [0, 0.1) is 5.41 Å². The molecule has 1 aliphatic rings. The van der Waals surface area contributed by atoms with Crippen LogP contribution in [0.2, 0.25) is 0 Å². The summed E-state index contributed by atoms with van der Waals surface area (Å²) in [6.45, 7) is 6.08. The van der Waals surface area contributed by atoms with Crippen molar-refractivity contribution < 1.29 is 19.1 Å². The SMILES string of the molecule is CC(C)(C)C(=O)COC(=O)c1ccccc1SCC1CCCO1. The van der Waals surface area contributed by atoms with E-state index in [-0.39, 0.29) is 18.5 Å². The molecule has 0 bridgehead atoms. The molecule has 4 nitrogen and oxygen atoms in total. The van der Waals surface area contributed by atoms with Crippen molar-refractivity contribution in [2.75, 3.05) is 19.0 Å². The van der Waals surface area contributed by atoms with Crippen LogP contribution in [-0.4, -0.2) is 36.8 Å². The fourth-order valence-corrected chi connectivity index (χ4v) is 3.26. The van der Waals surface area contributed by atoms with Gasteiger partial charge in [-0.1, -0.05) is 32.9 Å². The van der Waals surface area contributed by atoms with E-state index in [2.05, 4.69) is 0 Å². The van der Waals surface area contributed by atoms with Gasteiger partial charge in [-0.2, -0.15) is 0 Å². The van der Waals surface area contributed by atoms with Crippen LogP contribution < -0.4 is 0 Å². The van der Waals surface area contributed by atoms with Gasteiger partial charge in [-0.3, -0.25) is 4.79 Å². The van der Waals surface area contributed by atoms with E-state index in [9.17, 15) is 9.59 Å². The molecule has 1 aromatic rings. The second kappa shape index (κ2) is 7.97. The van der Waals surface area contributed by atoms with Crippen LogP contribution in [0.25, 0.3) is 0 Å². The van der Waals surface area contributed by atoms with Gasteiger partial charge in [-0.05, 0) is 25.0 Å². The Kier molecular flexibility index (Phi) is 6.25. The van der Waals surface area contributed by atoms with Gasteiger partial charge < -0.3 is 9.47 Å². The van der Waals surface area contributed by atoms with Crippen LogP contribution >= 0.6 is 11.8 Å². The fraction of sp³-hybridized carbons (Fsp3) is 0.556. The van der Waals surface area contributed by atoms with Gasteiger partial charge in [0.1, 0.15) is 0 Å². The molecule has 23 heavy (non-hydrogen) atoms. The topological polar surface area (TPSA) is 52.6 Å². The van der Waals surface area contributed by atoms with Gasteiger partial charge in [-0.15, -0.1) is 11.8 Å². The van der Waals surface area contributed by atoms with Crippen LogP contribution in [0.5, 0.6) is 0 Å². The van der Waals surface area contributed by atoms with Gasteiger partial charge in [0.05, 0.1) is 11.7 Å². The molecule has 5 heteroatoms. The molecule has 0 saturated carbocycles. The summed E-state index contributed by atoms with van der Waals surface area (Å²) in [6, 6.07) is 7.34. The highest BCUT2D eigenvalue weighted by Gasteiger charge is 2.24. The number of carbonyl (C=O) groups excluding carboxylic acids is 2. The van der Waals surface area contributed by atoms with Gasteiger partial charge >= 0.3 is 5.97 Å². The number of Topliss-reactive ketones (excluding diaryl/α,β-unsaturated/α-hetero) is 1. The summed E-state index contributed by atoms with van der Waals surface area (Å²) < 4.78 is 10.8. The second-order valence-electron chi connectivity index (χ2n) is 6.69. The highest BCUT2D eigenvalue weighted by molar-refractivity contribution is 7.99. The van der Waals surface area contributed by atoms with Crippen molar-refractivity contribution in [2.45, 2.75) is 44.6 Å². The first kappa shape index (κ1) is 18.0. The molecular formula is C18H24O4S. The number of carbonyl (C=O) groups is 2. The average Bonchev–Trinajstić information content (AvgIpc) is 3.03. The zero-order valence-corrected chi connectivity index (χ0v) is 14.8. The maximum atomic E-state index is 12.3. The Morgan fingerprint density at radius 1 is 1.30 bits per heavy atom. The zero-order chi connectivity index (χ0) is 16.9. The normalized spacial score (nSPS) is 18.0. The van der Waals surface area contributed by atoms with E-state index < -0.39 is 11.4 Å².